The molecule has 1 aliphatic rings. The van der Waals surface area contributed by atoms with Crippen LogP contribution in [0.2, 0.25) is 0 Å². The molecular formula is C21H22N2O3. The minimum atomic E-state index is 0.0560. The van der Waals surface area contributed by atoms with E-state index in [4.69, 9.17) is 9.15 Å². The van der Waals surface area contributed by atoms with Crippen LogP contribution in [0.1, 0.15) is 34.5 Å². The number of nitrogens with zero attached hydrogens (tertiary/aromatic N) is 2. The summed E-state index contributed by atoms with van der Waals surface area (Å²) in [6.45, 7) is 3.84. The van der Waals surface area contributed by atoms with Gasteiger partial charge >= 0.3 is 0 Å². The number of fused-ring (bicyclic) bond motifs is 1. The first-order chi connectivity index (χ1) is 12.7. The van der Waals surface area contributed by atoms with Crippen molar-refractivity contribution in [2.24, 2.45) is 0 Å². The Balaban J connectivity index is 1.41. The summed E-state index contributed by atoms with van der Waals surface area (Å²) in [6, 6.07) is 11.5. The van der Waals surface area contributed by atoms with Crippen molar-refractivity contribution >= 4 is 16.9 Å². The van der Waals surface area contributed by atoms with E-state index in [1.807, 2.05) is 54.4 Å². The number of aromatic nitrogens is 1. The van der Waals surface area contributed by atoms with Gasteiger partial charge in [-0.2, -0.15) is 0 Å². The third kappa shape index (κ3) is 3.63. The number of aryl methyl sites for hydroxylation is 1. The van der Waals surface area contributed by atoms with Crippen molar-refractivity contribution in [1.82, 2.24) is 9.88 Å². The number of likely N-dealkylation sites (tertiary alicyclic amines) is 1. The fraction of sp³-hybridized carbons (Fsp3) is 0.333. The number of carbonyl (C=O) groups is 1. The minimum absolute atomic E-state index is 0.0560. The summed E-state index contributed by atoms with van der Waals surface area (Å²) in [7, 11) is 0. The van der Waals surface area contributed by atoms with Crippen LogP contribution in [-0.2, 0) is 11.3 Å². The number of amides is 1. The van der Waals surface area contributed by atoms with Gasteiger partial charge in [0, 0.05) is 36.4 Å². The van der Waals surface area contributed by atoms with Gasteiger partial charge in [0.25, 0.3) is 5.91 Å². The number of hydrogen-bond donors (Lipinski definition) is 0. The molecule has 1 fully saturated rings. The summed E-state index contributed by atoms with van der Waals surface area (Å²) in [4.78, 5) is 18.9. The highest BCUT2D eigenvalue weighted by atomic mass is 16.5. The highest BCUT2D eigenvalue weighted by Gasteiger charge is 2.25. The molecule has 5 nitrogen and oxygen atoms in total. The van der Waals surface area contributed by atoms with Gasteiger partial charge in [0.2, 0.25) is 0 Å². The zero-order valence-corrected chi connectivity index (χ0v) is 14.9. The van der Waals surface area contributed by atoms with Gasteiger partial charge in [0.15, 0.2) is 0 Å². The predicted octanol–water partition coefficient (Wildman–Crippen LogP) is 3.96. The fourth-order valence-corrected chi connectivity index (χ4v) is 3.45. The van der Waals surface area contributed by atoms with Crippen LogP contribution in [0.3, 0.4) is 0 Å². The highest BCUT2D eigenvalue weighted by molar-refractivity contribution is 5.97. The Morgan fingerprint density at radius 3 is 3.12 bits per heavy atom. The quantitative estimate of drug-likeness (QED) is 0.715. The molecule has 0 spiro atoms. The molecule has 0 saturated carbocycles. The van der Waals surface area contributed by atoms with Gasteiger partial charge in [-0.3, -0.25) is 9.78 Å². The summed E-state index contributed by atoms with van der Waals surface area (Å²) < 4.78 is 11.6. The third-order valence-corrected chi connectivity index (χ3v) is 4.76. The molecule has 1 aromatic carbocycles. The molecule has 0 radical (unpaired) electrons. The molecule has 5 heteroatoms. The van der Waals surface area contributed by atoms with Crippen molar-refractivity contribution in [3.8, 4) is 0 Å². The lowest BCUT2D eigenvalue weighted by Crippen LogP contribution is -2.43. The molecule has 0 bridgehead atoms. The van der Waals surface area contributed by atoms with Crippen LogP contribution in [0.5, 0.6) is 0 Å². The van der Waals surface area contributed by atoms with E-state index in [1.165, 1.54) is 0 Å². The molecule has 2 aromatic heterocycles. The van der Waals surface area contributed by atoms with Crippen molar-refractivity contribution in [1.29, 1.82) is 0 Å². The number of furan rings is 1. The number of carbonyl (C=O) groups excluding carboxylic acids is 1. The van der Waals surface area contributed by atoms with Crippen LogP contribution in [0.4, 0.5) is 0 Å². The number of benzene rings is 1. The molecule has 4 rings (SSSR count). The summed E-state index contributed by atoms with van der Waals surface area (Å²) in [5, 5.41) is 0.967. The Bertz CT molecular complexity index is 904. The molecule has 1 aliphatic heterocycles. The lowest BCUT2D eigenvalue weighted by Gasteiger charge is -2.32. The second-order valence-corrected chi connectivity index (χ2v) is 6.80. The SMILES string of the molecule is Cc1cc2cc(C(=O)N3CCC[C@@H](OCc4cccnc4)C3)ccc2o1. The van der Waals surface area contributed by atoms with Crippen LogP contribution >= 0.6 is 0 Å². The van der Waals surface area contributed by atoms with E-state index >= 15 is 0 Å². The van der Waals surface area contributed by atoms with E-state index in [2.05, 4.69) is 4.98 Å². The van der Waals surface area contributed by atoms with Gasteiger partial charge in [0.05, 0.1) is 12.7 Å². The Morgan fingerprint density at radius 1 is 1.35 bits per heavy atom. The van der Waals surface area contributed by atoms with Crippen molar-refractivity contribution in [2.75, 3.05) is 13.1 Å². The molecule has 0 unspecified atom stereocenters. The van der Waals surface area contributed by atoms with Crippen molar-refractivity contribution in [2.45, 2.75) is 32.5 Å². The number of hydrogen-bond acceptors (Lipinski definition) is 4. The Hall–Kier alpha value is -2.66. The number of pyridine rings is 1. The first kappa shape index (κ1) is 16.8. The van der Waals surface area contributed by atoms with Crippen LogP contribution in [0.25, 0.3) is 11.0 Å². The molecule has 26 heavy (non-hydrogen) atoms. The van der Waals surface area contributed by atoms with Gasteiger partial charge in [-0.1, -0.05) is 6.07 Å². The second kappa shape index (κ2) is 7.30. The summed E-state index contributed by atoms with van der Waals surface area (Å²) in [6.07, 6.45) is 5.56. The first-order valence-electron chi connectivity index (χ1n) is 8.99. The minimum Gasteiger partial charge on any atom is -0.461 e. The maximum absolute atomic E-state index is 12.9. The van der Waals surface area contributed by atoms with Crippen LogP contribution in [0.15, 0.2) is 53.2 Å². The lowest BCUT2D eigenvalue weighted by molar-refractivity contribution is -0.00680. The van der Waals surface area contributed by atoms with Gasteiger partial charge in [-0.15, -0.1) is 0 Å². The van der Waals surface area contributed by atoms with Crippen LogP contribution in [-0.4, -0.2) is 35.0 Å². The maximum Gasteiger partial charge on any atom is 0.253 e. The number of piperidine rings is 1. The second-order valence-electron chi connectivity index (χ2n) is 6.80. The largest absolute Gasteiger partial charge is 0.461 e. The van der Waals surface area contributed by atoms with Crippen LogP contribution in [0, 0.1) is 6.92 Å². The Morgan fingerprint density at radius 2 is 2.27 bits per heavy atom. The average molecular weight is 350 g/mol. The molecule has 1 atom stereocenters. The van der Waals surface area contributed by atoms with E-state index in [0.29, 0.717) is 18.7 Å². The van der Waals surface area contributed by atoms with Gasteiger partial charge in [0.1, 0.15) is 11.3 Å². The molecule has 134 valence electrons. The predicted molar refractivity (Wildman–Crippen MR) is 98.9 cm³/mol. The zero-order valence-electron chi connectivity index (χ0n) is 14.9. The fourth-order valence-electron chi connectivity index (χ4n) is 3.45. The smallest absolute Gasteiger partial charge is 0.253 e. The van der Waals surface area contributed by atoms with Gasteiger partial charge < -0.3 is 14.1 Å². The lowest BCUT2D eigenvalue weighted by atomic mass is 10.1. The van der Waals surface area contributed by atoms with E-state index in [-0.39, 0.29) is 12.0 Å². The standard InChI is InChI=1S/C21H22N2O3/c1-15-10-18-11-17(6-7-20(18)26-15)21(24)23-9-3-5-19(13-23)25-14-16-4-2-8-22-12-16/h2,4,6-8,10-12,19H,3,5,9,13-14H2,1H3/t19-/m1/s1. The van der Waals surface area contributed by atoms with E-state index in [1.54, 1.807) is 6.20 Å². The number of ether oxygens (including phenoxy) is 1. The van der Waals surface area contributed by atoms with Crippen LogP contribution < -0.4 is 0 Å². The molecule has 1 amide bonds. The normalized spacial score (nSPS) is 17.6. The van der Waals surface area contributed by atoms with E-state index in [0.717, 1.165) is 41.7 Å². The maximum atomic E-state index is 12.9. The van der Waals surface area contributed by atoms with Gasteiger partial charge in [-0.25, -0.2) is 0 Å². The molecule has 3 heterocycles. The molecule has 0 aliphatic carbocycles. The summed E-state index contributed by atoms with van der Waals surface area (Å²) >= 11 is 0. The molecular weight excluding hydrogens is 328 g/mol. The zero-order chi connectivity index (χ0) is 17.9. The monoisotopic (exact) mass is 350 g/mol. The van der Waals surface area contributed by atoms with Gasteiger partial charge in [-0.05, 0) is 55.7 Å². The van der Waals surface area contributed by atoms with Crippen molar-refractivity contribution < 1.29 is 13.9 Å². The van der Waals surface area contributed by atoms with E-state index in [9.17, 15) is 4.79 Å². The average Bonchev–Trinajstić information content (AvgIpc) is 3.06. The van der Waals surface area contributed by atoms with E-state index < -0.39 is 0 Å². The summed E-state index contributed by atoms with van der Waals surface area (Å²) in [5.74, 6) is 0.909. The highest BCUT2D eigenvalue weighted by Crippen LogP contribution is 2.22. The van der Waals surface area contributed by atoms with Crippen molar-refractivity contribution in [3.05, 3.63) is 65.7 Å². The Labute approximate surface area is 152 Å². The summed E-state index contributed by atoms with van der Waals surface area (Å²) in [5.41, 5.74) is 2.57. The molecule has 3 aromatic rings. The molecule has 0 N–H and O–H groups in total. The third-order valence-electron chi connectivity index (χ3n) is 4.76. The Kier molecular flexibility index (Phi) is 4.71. The topological polar surface area (TPSA) is 55.6 Å². The van der Waals surface area contributed by atoms with Crippen molar-refractivity contribution in [3.63, 3.8) is 0 Å². The number of rotatable bonds is 4. The molecule has 1 saturated heterocycles. The first-order valence-corrected chi connectivity index (χ1v) is 8.99.